The molecule has 0 aromatic heterocycles. The Morgan fingerprint density at radius 2 is 1.89 bits per heavy atom. The summed E-state index contributed by atoms with van der Waals surface area (Å²) >= 11 is 0. The monoisotopic (exact) mass is 271 g/mol. The van der Waals surface area contributed by atoms with E-state index in [1.165, 1.54) is 0 Å². The maximum atomic E-state index is 12.2. The van der Waals surface area contributed by atoms with Gasteiger partial charge in [-0.05, 0) is 66.5 Å². The number of carbonyl (C=O) groups is 1. The van der Waals surface area contributed by atoms with Gasteiger partial charge in [0.15, 0.2) is 0 Å². The number of nitrogens with one attached hydrogen (secondary N) is 1. The van der Waals surface area contributed by atoms with E-state index in [9.17, 15) is 4.79 Å². The van der Waals surface area contributed by atoms with Gasteiger partial charge in [0.2, 0.25) is 0 Å². The molecular formula is C15H29NO3. The normalized spacial score (nSPS) is 21.2. The first-order chi connectivity index (χ1) is 8.73. The van der Waals surface area contributed by atoms with Crippen LogP contribution in [0.4, 0.5) is 0 Å². The minimum atomic E-state index is -0.421. The zero-order valence-electron chi connectivity index (χ0n) is 13.0. The number of hydrogen-bond acceptors (Lipinski definition) is 4. The van der Waals surface area contributed by atoms with Gasteiger partial charge >= 0.3 is 5.97 Å². The van der Waals surface area contributed by atoms with Crippen molar-refractivity contribution in [1.82, 2.24) is 5.32 Å². The van der Waals surface area contributed by atoms with Gasteiger partial charge in [-0.25, -0.2) is 0 Å². The third-order valence-electron chi connectivity index (χ3n) is 3.70. The molecule has 0 bridgehead atoms. The van der Waals surface area contributed by atoms with E-state index in [0.717, 1.165) is 25.9 Å². The molecule has 1 atom stereocenters. The molecule has 1 aliphatic rings. The van der Waals surface area contributed by atoms with Gasteiger partial charge in [0.25, 0.3) is 0 Å². The predicted molar refractivity (Wildman–Crippen MR) is 76.0 cm³/mol. The van der Waals surface area contributed by atoms with Gasteiger partial charge in [-0.15, -0.1) is 0 Å². The molecule has 1 saturated heterocycles. The van der Waals surface area contributed by atoms with Crippen LogP contribution >= 0.6 is 0 Å². The molecule has 1 fully saturated rings. The summed E-state index contributed by atoms with van der Waals surface area (Å²) < 4.78 is 10.9. The summed E-state index contributed by atoms with van der Waals surface area (Å²) in [4.78, 5) is 12.2. The van der Waals surface area contributed by atoms with E-state index >= 15 is 0 Å². The number of carbonyl (C=O) groups excluding carboxylic acids is 1. The van der Waals surface area contributed by atoms with Gasteiger partial charge < -0.3 is 14.8 Å². The third-order valence-corrected chi connectivity index (χ3v) is 3.70. The number of hydrogen-bond donors (Lipinski definition) is 1. The fraction of sp³-hybridized carbons (Fsp3) is 0.933. The second-order valence-electron chi connectivity index (χ2n) is 6.86. The summed E-state index contributed by atoms with van der Waals surface area (Å²) in [5.41, 5.74) is -0.607. The summed E-state index contributed by atoms with van der Waals surface area (Å²) in [6, 6.07) is 0. The standard InChI is InChI=1S/C15H29NO3/c1-14(2,3)19-10-9-18-13(17)15(4,5)12-7-6-8-16-11-12/h12,16H,6-11H2,1-5H3. The topological polar surface area (TPSA) is 47.6 Å². The van der Waals surface area contributed by atoms with Crippen LogP contribution in [-0.4, -0.2) is 37.9 Å². The molecule has 0 spiro atoms. The van der Waals surface area contributed by atoms with Crippen molar-refractivity contribution >= 4 is 5.97 Å². The molecule has 0 aromatic carbocycles. The Bertz CT molecular complexity index is 288. The van der Waals surface area contributed by atoms with Crippen LogP contribution in [-0.2, 0) is 14.3 Å². The summed E-state index contributed by atoms with van der Waals surface area (Å²) in [5.74, 6) is 0.246. The van der Waals surface area contributed by atoms with Crippen molar-refractivity contribution in [2.24, 2.45) is 11.3 Å². The summed E-state index contributed by atoms with van der Waals surface area (Å²) in [5, 5.41) is 3.35. The van der Waals surface area contributed by atoms with Crippen molar-refractivity contribution in [3.8, 4) is 0 Å². The van der Waals surface area contributed by atoms with Gasteiger partial charge in [0.1, 0.15) is 6.61 Å². The average molecular weight is 271 g/mol. The second kappa shape index (κ2) is 6.71. The molecule has 4 nitrogen and oxygen atoms in total. The highest BCUT2D eigenvalue weighted by molar-refractivity contribution is 5.76. The second-order valence-corrected chi connectivity index (χ2v) is 6.86. The highest BCUT2D eigenvalue weighted by Crippen LogP contribution is 2.32. The van der Waals surface area contributed by atoms with Gasteiger partial charge in [-0.1, -0.05) is 0 Å². The molecule has 19 heavy (non-hydrogen) atoms. The Morgan fingerprint density at radius 3 is 2.42 bits per heavy atom. The van der Waals surface area contributed by atoms with Crippen molar-refractivity contribution in [2.75, 3.05) is 26.3 Å². The van der Waals surface area contributed by atoms with Gasteiger partial charge in [-0.3, -0.25) is 4.79 Å². The van der Waals surface area contributed by atoms with E-state index in [2.05, 4.69) is 5.32 Å². The van der Waals surface area contributed by atoms with Crippen LogP contribution in [0.3, 0.4) is 0 Å². The Morgan fingerprint density at radius 1 is 1.21 bits per heavy atom. The Kier molecular flexibility index (Phi) is 5.81. The van der Waals surface area contributed by atoms with E-state index in [1.54, 1.807) is 0 Å². The fourth-order valence-electron chi connectivity index (χ4n) is 2.30. The zero-order valence-corrected chi connectivity index (χ0v) is 13.0. The summed E-state index contributed by atoms with van der Waals surface area (Å²) in [7, 11) is 0. The molecule has 0 aliphatic carbocycles. The SMILES string of the molecule is CC(C)(C)OCCOC(=O)C(C)(C)C1CCCNC1. The Hall–Kier alpha value is -0.610. The fourth-order valence-corrected chi connectivity index (χ4v) is 2.30. The maximum Gasteiger partial charge on any atom is 0.311 e. The van der Waals surface area contributed by atoms with Gasteiger partial charge in [-0.2, -0.15) is 0 Å². The van der Waals surface area contributed by atoms with Crippen molar-refractivity contribution in [3.05, 3.63) is 0 Å². The quantitative estimate of drug-likeness (QED) is 0.616. The molecule has 1 unspecified atom stereocenters. The number of piperidine rings is 1. The molecule has 4 heteroatoms. The van der Waals surface area contributed by atoms with E-state index in [0.29, 0.717) is 19.1 Å². The van der Waals surface area contributed by atoms with Crippen LogP contribution in [0.5, 0.6) is 0 Å². The lowest BCUT2D eigenvalue weighted by Crippen LogP contribution is -2.43. The molecule has 0 saturated carbocycles. The minimum Gasteiger partial charge on any atom is -0.463 e. The van der Waals surface area contributed by atoms with Crippen molar-refractivity contribution < 1.29 is 14.3 Å². The molecule has 0 amide bonds. The van der Waals surface area contributed by atoms with E-state index < -0.39 is 5.41 Å². The van der Waals surface area contributed by atoms with Crippen LogP contribution in [0.1, 0.15) is 47.5 Å². The summed E-state index contributed by atoms with van der Waals surface area (Å²) in [6.07, 6.45) is 2.22. The number of esters is 1. The van der Waals surface area contributed by atoms with Crippen LogP contribution in [0.2, 0.25) is 0 Å². The van der Waals surface area contributed by atoms with Crippen LogP contribution in [0.15, 0.2) is 0 Å². The molecule has 1 N–H and O–H groups in total. The van der Waals surface area contributed by atoms with Crippen molar-refractivity contribution in [3.63, 3.8) is 0 Å². The lowest BCUT2D eigenvalue weighted by molar-refractivity contribution is -0.160. The smallest absolute Gasteiger partial charge is 0.311 e. The van der Waals surface area contributed by atoms with Crippen LogP contribution in [0, 0.1) is 11.3 Å². The van der Waals surface area contributed by atoms with Crippen molar-refractivity contribution in [1.29, 1.82) is 0 Å². The van der Waals surface area contributed by atoms with E-state index in [1.807, 2.05) is 34.6 Å². The Labute approximate surface area is 117 Å². The van der Waals surface area contributed by atoms with Crippen LogP contribution < -0.4 is 5.32 Å². The van der Waals surface area contributed by atoms with Gasteiger partial charge in [0, 0.05) is 0 Å². The molecular weight excluding hydrogens is 242 g/mol. The Balaban J connectivity index is 2.34. The minimum absolute atomic E-state index is 0.112. The highest BCUT2D eigenvalue weighted by atomic mass is 16.6. The summed E-state index contributed by atoms with van der Waals surface area (Å²) in [6.45, 7) is 12.7. The zero-order chi connectivity index (χ0) is 14.5. The van der Waals surface area contributed by atoms with Crippen LogP contribution in [0.25, 0.3) is 0 Å². The first-order valence-electron chi connectivity index (χ1n) is 7.25. The van der Waals surface area contributed by atoms with E-state index in [4.69, 9.17) is 9.47 Å². The number of rotatable bonds is 5. The van der Waals surface area contributed by atoms with Crippen molar-refractivity contribution in [2.45, 2.75) is 53.1 Å². The lowest BCUT2D eigenvalue weighted by atomic mass is 9.75. The first kappa shape index (κ1) is 16.4. The third kappa shape index (κ3) is 5.49. The predicted octanol–water partition coefficient (Wildman–Crippen LogP) is 2.37. The molecule has 1 aliphatic heterocycles. The molecule has 0 aromatic rings. The maximum absolute atomic E-state index is 12.2. The molecule has 1 heterocycles. The number of ether oxygens (including phenoxy) is 2. The average Bonchev–Trinajstić information content (AvgIpc) is 2.34. The lowest BCUT2D eigenvalue weighted by Gasteiger charge is -2.35. The molecule has 0 radical (unpaired) electrons. The van der Waals surface area contributed by atoms with Gasteiger partial charge in [0.05, 0.1) is 17.6 Å². The first-order valence-corrected chi connectivity index (χ1v) is 7.25. The highest BCUT2D eigenvalue weighted by Gasteiger charge is 2.38. The molecule has 112 valence electrons. The largest absolute Gasteiger partial charge is 0.463 e. The molecule has 1 rings (SSSR count). The van der Waals surface area contributed by atoms with E-state index in [-0.39, 0.29) is 11.6 Å².